The molecule has 2 fully saturated rings. The summed E-state index contributed by atoms with van der Waals surface area (Å²) >= 11 is 0. The average molecular weight is 239 g/mol. The monoisotopic (exact) mass is 239 g/mol. The van der Waals surface area contributed by atoms with Crippen LogP contribution < -0.4 is 11.1 Å². The average Bonchev–Trinajstić information content (AvgIpc) is 3.12. The molecule has 0 aromatic carbocycles. The van der Waals surface area contributed by atoms with Gasteiger partial charge in [0.2, 0.25) is 5.91 Å². The molecule has 98 valence electrons. The van der Waals surface area contributed by atoms with Gasteiger partial charge in [0, 0.05) is 18.6 Å². The summed E-state index contributed by atoms with van der Waals surface area (Å²) < 4.78 is 0. The van der Waals surface area contributed by atoms with Crippen LogP contribution in [0.1, 0.15) is 46.0 Å². The SMILES string of the molecule is CCN(CCC(C)(NC1CC1)C(N)=O)C1CC1. The van der Waals surface area contributed by atoms with Crippen molar-refractivity contribution >= 4 is 5.91 Å². The van der Waals surface area contributed by atoms with E-state index < -0.39 is 5.54 Å². The minimum Gasteiger partial charge on any atom is -0.368 e. The van der Waals surface area contributed by atoms with Gasteiger partial charge in [0.15, 0.2) is 0 Å². The first-order valence-corrected chi connectivity index (χ1v) is 6.87. The number of nitrogens with two attached hydrogens (primary N) is 1. The maximum atomic E-state index is 11.6. The number of hydrogen-bond acceptors (Lipinski definition) is 3. The maximum absolute atomic E-state index is 11.6. The van der Waals surface area contributed by atoms with Crippen molar-refractivity contribution in [2.75, 3.05) is 13.1 Å². The maximum Gasteiger partial charge on any atom is 0.237 e. The summed E-state index contributed by atoms with van der Waals surface area (Å²) in [4.78, 5) is 14.1. The third-order valence-electron chi connectivity index (χ3n) is 4.01. The smallest absolute Gasteiger partial charge is 0.237 e. The fraction of sp³-hybridized carbons (Fsp3) is 0.923. The van der Waals surface area contributed by atoms with Crippen LogP contribution in [0, 0.1) is 0 Å². The molecule has 4 heteroatoms. The molecule has 0 aromatic heterocycles. The zero-order chi connectivity index (χ0) is 12.5. The van der Waals surface area contributed by atoms with Crippen molar-refractivity contribution in [1.29, 1.82) is 0 Å². The second-order valence-electron chi connectivity index (χ2n) is 5.72. The lowest BCUT2D eigenvalue weighted by Crippen LogP contribution is -2.55. The summed E-state index contributed by atoms with van der Waals surface area (Å²) in [7, 11) is 0. The quantitative estimate of drug-likeness (QED) is 0.660. The van der Waals surface area contributed by atoms with Gasteiger partial charge in [-0.15, -0.1) is 0 Å². The molecule has 1 unspecified atom stereocenters. The van der Waals surface area contributed by atoms with Crippen molar-refractivity contribution in [2.24, 2.45) is 5.73 Å². The summed E-state index contributed by atoms with van der Waals surface area (Å²) in [6.45, 7) is 6.19. The van der Waals surface area contributed by atoms with Crippen molar-refractivity contribution in [1.82, 2.24) is 10.2 Å². The van der Waals surface area contributed by atoms with Crippen LogP contribution in [0.5, 0.6) is 0 Å². The van der Waals surface area contributed by atoms with Gasteiger partial charge in [-0.2, -0.15) is 0 Å². The summed E-state index contributed by atoms with van der Waals surface area (Å²) in [5.74, 6) is -0.212. The number of hydrogen-bond donors (Lipinski definition) is 2. The van der Waals surface area contributed by atoms with E-state index in [9.17, 15) is 4.79 Å². The van der Waals surface area contributed by atoms with E-state index in [1.54, 1.807) is 0 Å². The van der Waals surface area contributed by atoms with Gasteiger partial charge in [0.25, 0.3) is 0 Å². The molecule has 2 aliphatic carbocycles. The molecule has 3 N–H and O–H groups in total. The molecular formula is C13H25N3O. The summed E-state index contributed by atoms with van der Waals surface area (Å²) in [6.07, 6.45) is 5.82. The van der Waals surface area contributed by atoms with Crippen LogP contribution in [0.2, 0.25) is 0 Å². The molecular weight excluding hydrogens is 214 g/mol. The van der Waals surface area contributed by atoms with E-state index in [0.29, 0.717) is 6.04 Å². The Labute approximate surface area is 104 Å². The molecule has 2 saturated carbocycles. The molecule has 1 amide bonds. The van der Waals surface area contributed by atoms with Gasteiger partial charge in [0.05, 0.1) is 5.54 Å². The van der Waals surface area contributed by atoms with Crippen molar-refractivity contribution < 1.29 is 4.79 Å². The molecule has 2 aliphatic rings. The van der Waals surface area contributed by atoms with Gasteiger partial charge in [-0.1, -0.05) is 6.92 Å². The van der Waals surface area contributed by atoms with Crippen LogP contribution in [-0.2, 0) is 4.79 Å². The second-order valence-corrected chi connectivity index (χ2v) is 5.72. The van der Waals surface area contributed by atoms with Crippen molar-refractivity contribution in [3.63, 3.8) is 0 Å². The predicted octanol–water partition coefficient (Wildman–Crippen LogP) is 0.857. The van der Waals surface area contributed by atoms with Crippen LogP contribution in [-0.4, -0.2) is 41.5 Å². The largest absolute Gasteiger partial charge is 0.368 e. The topological polar surface area (TPSA) is 58.4 Å². The molecule has 0 aromatic rings. The van der Waals surface area contributed by atoms with Crippen molar-refractivity contribution in [3.05, 3.63) is 0 Å². The highest BCUT2D eigenvalue weighted by atomic mass is 16.1. The lowest BCUT2D eigenvalue weighted by Gasteiger charge is -2.30. The van der Waals surface area contributed by atoms with Gasteiger partial charge in [-0.3, -0.25) is 4.79 Å². The molecule has 0 saturated heterocycles. The molecule has 0 radical (unpaired) electrons. The fourth-order valence-corrected chi connectivity index (χ4v) is 2.35. The first kappa shape index (κ1) is 12.8. The van der Waals surface area contributed by atoms with Crippen molar-refractivity contribution in [3.8, 4) is 0 Å². The normalized spacial score (nSPS) is 23.7. The lowest BCUT2D eigenvalue weighted by molar-refractivity contribution is -0.124. The van der Waals surface area contributed by atoms with Crippen LogP contribution in [0.25, 0.3) is 0 Å². The first-order chi connectivity index (χ1) is 8.05. The Morgan fingerprint density at radius 2 is 2.06 bits per heavy atom. The standard InChI is InChI=1S/C13H25N3O/c1-3-16(11-6-7-11)9-8-13(2,12(14)17)15-10-4-5-10/h10-11,15H,3-9H2,1-2H3,(H2,14,17). The predicted molar refractivity (Wildman–Crippen MR) is 68.6 cm³/mol. The fourth-order valence-electron chi connectivity index (χ4n) is 2.35. The van der Waals surface area contributed by atoms with E-state index in [1.807, 2.05) is 6.92 Å². The number of primary amides is 1. The molecule has 2 rings (SSSR count). The zero-order valence-corrected chi connectivity index (χ0v) is 11.0. The third-order valence-corrected chi connectivity index (χ3v) is 4.01. The first-order valence-electron chi connectivity index (χ1n) is 6.87. The minimum absolute atomic E-state index is 0.212. The molecule has 4 nitrogen and oxygen atoms in total. The number of carbonyl (C=O) groups is 1. The molecule has 0 spiro atoms. The van der Waals surface area contributed by atoms with Gasteiger partial charge in [0.1, 0.15) is 0 Å². The number of amides is 1. The van der Waals surface area contributed by atoms with Crippen LogP contribution in [0.3, 0.4) is 0 Å². The van der Waals surface area contributed by atoms with E-state index in [1.165, 1.54) is 25.7 Å². The van der Waals surface area contributed by atoms with E-state index >= 15 is 0 Å². The highest BCUT2D eigenvalue weighted by molar-refractivity contribution is 5.84. The Bertz CT molecular complexity index is 286. The highest BCUT2D eigenvalue weighted by Crippen LogP contribution is 2.28. The Balaban J connectivity index is 1.85. The minimum atomic E-state index is -0.524. The molecule has 0 heterocycles. The zero-order valence-electron chi connectivity index (χ0n) is 11.0. The number of carbonyl (C=O) groups excluding carboxylic acids is 1. The summed E-state index contributed by atoms with van der Waals surface area (Å²) in [6, 6.07) is 1.28. The summed E-state index contributed by atoms with van der Waals surface area (Å²) in [5, 5.41) is 3.40. The van der Waals surface area contributed by atoms with Crippen molar-refractivity contribution in [2.45, 2.75) is 63.6 Å². The Hall–Kier alpha value is -0.610. The van der Waals surface area contributed by atoms with E-state index in [-0.39, 0.29) is 5.91 Å². The summed E-state index contributed by atoms with van der Waals surface area (Å²) in [5.41, 5.74) is 5.02. The number of rotatable bonds is 8. The lowest BCUT2D eigenvalue weighted by atomic mass is 9.96. The van der Waals surface area contributed by atoms with Crippen LogP contribution >= 0.6 is 0 Å². The molecule has 0 aliphatic heterocycles. The molecule has 1 atom stereocenters. The Kier molecular flexibility index (Phi) is 3.73. The van der Waals surface area contributed by atoms with E-state index in [0.717, 1.165) is 25.6 Å². The molecule has 0 bridgehead atoms. The highest BCUT2D eigenvalue weighted by Gasteiger charge is 2.38. The van der Waals surface area contributed by atoms with Crippen LogP contribution in [0.4, 0.5) is 0 Å². The van der Waals surface area contributed by atoms with Crippen LogP contribution in [0.15, 0.2) is 0 Å². The van der Waals surface area contributed by atoms with Gasteiger partial charge >= 0.3 is 0 Å². The van der Waals surface area contributed by atoms with Gasteiger partial charge in [-0.25, -0.2) is 0 Å². The number of nitrogens with zero attached hydrogens (tertiary/aromatic N) is 1. The van der Waals surface area contributed by atoms with Gasteiger partial charge < -0.3 is 16.0 Å². The van der Waals surface area contributed by atoms with E-state index in [4.69, 9.17) is 5.73 Å². The Morgan fingerprint density at radius 1 is 1.41 bits per heavy atom. The van der Waals surface area contributed by atoms with Gasteiger partial charge in [-0.05, 0) is 45.6 Å². The second kappa shape index (κ2) is 4.94. The molecule has 17 heavy (non-hydrogen) atoms. The number of nitrogens with one attached hydrogen (secondary N) is 1. The third kappa shape index (κ3) is 3.42. The Morgan fingerprint density at radius 3 is 2.47 bits per heavy atom. The van der Waals surface area contributed by atoms with E-state index in [2.05, 4.69) is 17.1 Å².